The number of anilines is 1. The first-order valence-electron chi connectivity index (χ1n) is 9.28. The van der Waals surface area contributed by atoms with Gasteiger partial charge in [0.2, 0.25) is 5.91 Å². The van der Waals surface area contributed by atoms with Gasteiger partial charge in [-0.25, -0.2) is 0 Å². The second-order valence-electron chi connectivity index (χ2n) is 7.09. The molecule has 4 aromatic rings. The minimum atomic E-state index is -0.215. The van der Waals surface area contributed by atoms with Crippen molar-refractivity contribution in [2.75, 3.05) is 5.32 Å². The maximum Gasteiger partial charge on any atom is 0.258 e. The van der Waals surface area contributed by atoms with Gasteiger partial charge >= 0.3 is 0 Å². The molecular formula is C24H18N2O2. The van der Waals surface area contributed by atoms with E-state index in [0.717, 1.165) is 17.5 Å². The first-order valence-corrected chi connectivity index (χ1v) is 9.28. The molecule has 28 heavy (non-hydrogen) atoms. The van der Waals surface area contributed by atoms with Crippen molar-refractivity contribution in [3.05, 3.63) is 100 Å². The van der Waals surface area contributed by atoms with Crippen LogP contribution in [0.3, 0.4) is 0 Å². The average Bonchev–Trinajstić information content (AvgIpc) is 3.08. The number of carbonyl (C=O) groups is 1. The number of aromatic nitrogens is 1. The van der Waals surface area contributed by atoms with E-state index in [1.807, 2.05) is 42.5 Å². The van der Waals surface area contributed by atoms with Gasteiger partial charge in [0.25, 0.3) is 5.56 Å². The number of nitrogens with one attached hydrogen (secondary N) is 1. The Morgan fingerprint density at radius 1 is 0.893 bits per heavy atom. The predicted molar refractivity (Wildman–Crippen MR) is 112 cm³/mol. The van der Waals surface area contributed by atoms with Gasteiger partial charge in [-0.1, -0.05) is 48.5 Å². The molecule has 3 aromatic carbocycles. The van der Waals surface area contributed by atoms with Crippen molar-refractivity contribution < 1.29 is 4.79 Å². The molecule has 0 fully saturated rings. The van der Waals surface area contributed by atoms with Crippen LogP contribution in [0.4, 0.5) is 5.69 Å². The summed E-state index contributed by atoms with van der Waals surface area (Å²) in [5.41, 5.74) is 5.60. The van der Waals surface area contributed by atoms with Gasteiger partial charge in [-0.3, -0.25) is 9.59 Å². The Bertz CT molecular complexity index is 1290. The Hall–Kier alpha value is -3.66. The maximum atomic E-state index is 12.6. The second-order valence-corrected chi connectivity index (χ2v) is 7.09. The van der Waals surface area contributed by atoms with Crippen molar-refractivity contribution in [3.63, 3.8) is 0 Å². The molecule has 0 aliphatic heterocycles. The highest BCUT2D eigenvalue weighted by Crippen LogP contribution is 2.37. The number of hydrogen-bond acceptors (Lipinski definition) is 2. The van der Waals surface area contributed by atoms with E-state index in [0.29, 0.717) is 5.39 Å². The summed E-state index contributed by atoms with van der Waals surface area (Å²) >= 11 is 0. The van der Waals surface area contributed by atoms with Crippen molar-refractivity contribution in [1.29, 1.82) is 0 Å². The van der Waals surface area contributed by atoms with Crippen LogP contribution in [0.5, 0.6) is 0 Å². The zero-order chi connectivity index (χ0) is 19.1. The van der Waals surface area contributed by atoms with E-state index in [-0.39, 0.29) is 18.0 Å². The quantitative estimate of drug-likeness (QED) is 0.520. The van der Waals surface area contributed by atoms with Crippen LogP contribution in [-0.4, -0.2) is 10.5 Å². The standard InChI is InChI=1S/C24H18N2O2/c27-23(15-26-12-11-16-5-1-4-8-22(16)24(26)28)25-19-9-10-21-18(14-19)13-17-6-2-3-7-20(17)21/h1-12,14H,13,15H2,(H,25,27). The third kappa shape index (κ3) is 2.79. The molecule has 0 radical (unpaired) electrons. The van der Waals surface area contributed by atoms with Gasteiger partial charge in [-0.15, -0.1) is 0 Å². The molecular weight excluding hydrogens is 348 g/mol. The Labute approximate surface area is 162 Å². The highest BCUT2D eigenvalue weighted by atomic mass is 16.2. The number of carbonyl (C=O) groups excluding carboxylic acids is 1. The molecule has 1 aliphatic rings. The summed E-state index contributed by atoms with van der Waals surface area (Å²) in [7, 11) is 0. The van der Waals surface area contributed by atoms with Crippen LogP contribution < -0.4 is 10.9 Å². The Morgan fingerprint density at radius 3 is 2.61 bits per heavy atom. The number of rotatable bonds is 3. The summed E-state index contributed by atoms with van der Waals surface area (Å²) in [4.78, 5) is 25.1. The molecule has 0 spiro atoms. The van der Waals surface area contributed by atoms with Crippen LogP contribution >= 0.6 is 0 Å². The average molecular weight is 366 g/mol. The van der Waals surface area contributed by atoms with Gasteiger partial charge in [0.1, 0.15) is 6.54 Å². The lowest BCUT2D eigenvalue weighted by Gasteiger charge is -2.10. The van der Waals surface area contributed by atoms with E-state index in [4.69, 9.17) is 0 Å². The van der Waals surface area contributed by atoms with E-state index in [2.05, 4.69) is 29.6 Å². The topological polar surface area (TPSA) is 51.1 Å². The van der Waals surface area contributed by atoms with Crippen LogP contribution in [-0.2, 0) is 17.8 Å². The number of benzene rings is 3. The summed E-state index contributed by atoms with van der Waals surface area (Å²) in [5.74, 6) is -0.215. The lowest BCUT2D eigenvalue weighted by Crippen LogP contribution is -2.27. The lowest BCUT2D eigenvalue weighted by atomic mass is 10.1. The smallest absolute Gasteiger partial charge is 0.258 e. The van der Waals surface area contributed by atoms with Crippen LogP contribution in [0.15, 0.2) is 83.8 Å². The second kappa shape index (κ2) is 6.50. The zero-order valence-electron chi connectivity index (χ0n) is 15.2. The normalized spacial score (nSPS) is 11.9. The van der Waals surface area contributed by atoms with Gasteiger partial charge in [0.15, 0.2) is 0 Å². The summed E-state index contributed by atoms with van der Waals surface area (Å²) in [5, 5.41) is 4.42. The Balaban J connectivity index is 1.36. The maximum absolute atomic E-state index is 12.6. The number of hydrogen-bond donors (Lipinski definition) is 1. The van der Waals surface area contributed by atoms with Crippen molar-refractivity contribution in [1.82, 2.24) is 4.57 Å². The van der Waals surface area contributed by atoms with E-state index in [9.17, 15) is 9.59 Å². The van der Waals surface area contributed by atoms with Crippen LogP contribution in [0, 0.1) is 0 Å². The lowest BCUT2D eigenvalue weighted by molar-refractivity contribution is -0.116. The molecule has 136 valence electrons. The van der Waals surface area contributed by atoms with Gasteiger partial charge in [0, 0.05) is 17.3 Å². The van der Waals surface area contributed by atoms with Crippen molar-refractivity contribution in [3.8, 4) is 11.1 Å². The summed E-state index contributed by atoms with van der Waals surface area (Å²) in [6.45, 7) is -0.0129. The third-order valence-corrected chi connectivity index (χ3v) is 5.28. The molecule has 0 unspecified atom stereocenters. The molecule has 0 bridgehead atoms. The number of pyridine rings is 1. The SMILES string of the molecule is O=C(Cn1ccc2ccccc2c1=O)Nc1ccc2c(c1)Cc1ccccc1-2. The predicted octanol–water partition coefficient (Wildman–Crippen LogP) is 4.21. The highest BCUT2D eigenvalue weighted by Gasteiger charge is 2.18. The van der Waals surface area contributed by atoms with Crippen molar-refractivity contribution >= 4 is 22.4 Å². The molecule has 5 rings (SSSR count). The fourth-order valence-corrected chi connectivity index (χ4v) is 3.93. The summed E-state index contributed by atoms with van der Waals surface area (Å²) < 4.78 is 1.45. The van der Waals surface area contributed by atoms with Gasteiger partial charge < -0.3 is 9.88 Å². The fraction of sp³-hybridized carbons (Fsp3) is 0.0833. The zero-order valence-corrected chi connectivity index (χ0v) is 15.2. The monoisotopic (exact) mass is 366 g/mol. The summed E-state index contributed by atoms with van der Waals surface area (Å²) in [6, 6.07) is 23.6. The van der Waals surface area contributed by atoms with Crippen LogP contribution in [0.2, 0.25) is 0 Å². The molecule has 1 heterocycles. The molecule has 1 amide bonds. The first-order chi connectivity index (χ1) is 13.7. The summed E-state index contributed by atoms with van der Waals surface area (Å²) in [6.07, 6.45) is 2.54. The number of amides is 1. The number of fused-ring (bicyclic) bond motifs is 4. The highest BCUT2D eigenvalue weighted by molar-refractivity contribution is 5.92. The Kier molecular flexibility index (Phi) is 3.83. The molecule has 1 N–H and O–H groups in total. The van der Waals surface area contributed by atoms with Crippen molar-refractivity contribution in [2.45, 2.75) is 13.0 Å². The fourth-order valence-electron chi connectivity index (χ4n) is 3.93. The largest absolute Gasteiger partial charge is 0.325 e. The first kappa shape index (κ1) is 16.5. The van der Waals surface area contributed by atoms with Crippen LogP contribution in [0.1, 0.15) is 11.1 Å². The molecule has 0 atom stereocenters. The van der Waals surface area contributed by atoms with E-state index >= 15 is 0 Å². The molecule has 4 nitrogen and oxygen atoms in total. The van der Waals surface area contributed by atoms with Gasteiger partial charge in [-0.05, 0) is 58.3 Å². The molecule has 1 aliphatic carbocycles. The van der Waals surface area contributed by atoms with Gasteiger partial charge in [-0.2, -0.15) is 0 Å². The minimum absolute atomic E-state index is 0.0129. The van der Waals surface area contributed by atoms with Gasteiger partial charge in [0.05, 0.1) is 0 Å². The molecule has 0 saturated carbocycles. The minimum Gasteiger partial charge on any atom is -0.325 e. The number of nitrogens with zero attached hydrogens (tertiary/aromatic N) is 1. The third-order valence-electron chi connectivity index (χ3n) is 5.28. The van der Waals surface area contributed by atoms with Crippen molar-refractivity contribution in [2.24, 2.45) is 0 Å². The van der Waals surface area contributed by atoms with E-state index < -0.39 is 0 Å². The molecule has 1 aromatic heterocycles. The van der Waals surface area contributed by atoms with E-state index in [1.54, 1.807) is 12.3 Å². The van der Waals surface area contributed by atoms with E-state index in [1.165, 1.54) is 26.8 Å². The van der Waals surface area contributed by atoms with Crippen LogP contribution in [0.25, 0.3) is 21.9 Å². The molecule has 4 heteroatoms. The molecule has 0 saturated heterocycles. The Morgan fingerprint density at radius 2 is 1.68 bits per heavy atom.